The van der Waals surface area contributed by atoms with Crippen LogP contribution in [0, 0.1) is 0 Å². The summed E-state index contributed by atoms with van der Waals surface area (Å²) in [6.07, 6.45) is -4.73. The first-order valence-corrected chi connectivity index (χ1v) is 11.0. The molecule has 178 valence electrons. The Morgan fingerprint density at radius 1 is 1.09 bits per heavy atom. The molecule has 0 radical (unpaired) electrons. The first kappa shape index (κ1) is 22.6. The van der Waals surface area contributed by atoms with E-state index in [9.17, 15) is 4.79 Å². The van der Waals surface area contributed by atoms with Crippen LogP contribution in [0.2, 0.25) is 0 Å². The lowest BCUT2D eigenvalue weighted by molar-refractivity contribution is -0.130. The van der Waals surface area contributed by atoms with Gasteiger partial charge in [0.15, 0.2) is 23.6 Å². The number of alkyl halides is 2. The highest BCUT2D eigenvalue weighted by Gasteiger charge is 2.92. The summed E-state index contributed by atoms with van der Waals surface area (Å²) in [6.45, 7) is 1.43. The van der Waals surface area contributed by atoms with E-state index in [0.29, 0.717) is 0 Å². The van der Waals surface area contributed by atoms with Crippen LogP contribution in [0.4, 0.5) is 14.6 Å². The summed E-state index contributed by atoms with van der Waals surface area (Å²) in [4.78, 5) is 16.0. The predicted octanol–water partition coefficient (Wildman–Crippen LogP) is 3.34. The van der Waals surface area contributed by atoms with E-state index in [1.807, 2.05) is 60.7 Å². The van der Waals surface area contributed by atoms with Crippen LogP contribution in [0.1, 0.15) is 24.3 Å². The molecular weight excluding hydrogens is 444 g/mol. The van der Waals surface area contributed by atoms with Gasteiger partial charge in [0.25, 0.3) is 0 Å². The number of halogens is 2. The van der Waals surface area contributed by atoms with Crippen molar-refractivity contribution in [1.82, 2.24) is 9.55 Å². The molecule has 1 aliphatic heterocycles. The van der Waals surface area contributed by atoms with Gasteiger partial charge in [-0.3, -0.25) is 4.57 Å². The maximum Gasteiger partial charge on any atom is 0.351 e. The van der Waals surface area contributed by atoms with Crippen molar-refractivity contribution in [2.24, 2.45) is 0 Å². The lowest BCUT2D eigenvalue weighted by Gasteiger charge is -2.25. The fourth-order valence-electron chi connectivity index (χ4n) is 4.90. The molecule has 6 atom stereocenters. The van der Waals surface area contributed by atoms with Crippen molar-refractivity contribution in [3.05, 3.63) is 94.5 Å². The van der Waals surface area contributed by atoms with Crippen LogP contribution < -0.4 is 11.4 Å². The van der Waals surface area contributed by atoms with Crippen molar-refractivity contribution in [1.29, 1.82) is 0 Å². The molecule has 2 N–H and O–H groups in total. The zero-order valence-corrected chi connectivity index (χ0v) is 18.5. The number of benzene rings is 2. The van der Waals surface area contributed by atoms with Gasteiger partial charge in [-0.05, 0) is 24.1 Å². The van der Waals surface area contributed by atoms with E-state index >= 15 is 8.78 Å². The fraction of sp³-hybridized carbons (Fsp3) is 0.360. The second-order valence-electron chi connectivity index (χ2n) is 8.61. The molecule has 9 heteroatoms. The number of rotatable bonds is 8. The lowest BCUT2D eigenvalue weighted by Crippen LogP contribution is -2.40. The molecule has 1 saturated heterocycles. The van der Waals surface area contributed by atoms with Crippen LogP contribution in [0.3, 0.4) is 0 Å². The molecule has 1 saturated carbocycles. The minimum Gasteiger partial charge on any atom is -0.383 e. The van der Waals surface area contributed by atoms with Gasteiger partial charge in [-0.25, -0.2) is 13.6 Å². The molecule has 3 aromatic rings. The van der Waals surface area contributed by atoms with Crippen LogP contribution in [-0.2, 0) is 27.4 Å². The third-order valence-electron chi connectivity index (χ3n) is 6.58. The van der Waals surface area contributed by atoms with Gasteiger partial charge in [-0.2, -0.15) is 4.98 Å². The number of anilines is 1. The number of fused-ring (bicyclic) bond motifs is 1. The number of ether oxygens (including phenoxy) is 3. The summed E-state index contributed by atoms with van der Waals surface area (Å²) in [7, 11) is 0. The summed E-state index contributed by atoms with van der Waals surface area (Å²) in [6, 6.07) is 19.8. The maximum absolute atomic E-state index is 16.2. The molecule has 0 amide bonds. The Bertz CT molecular complexity index is 1210. The molecular formula is C25H25F2N3O4. The summed E-state index contributed by atoms with van der Waals surface area (Å²) >= 11 is 0. The zero-order valence-electron chi connectivity index (χ0n) is 18.5. The number of aromatic nitrogens is 2. The highest BCUT2D eigenvalue weighted by atomic mass is 19.1. The molecule has 0 bridgehead atoms. The van der Waals surface area contributed by atoms with Crippen molar-refractivity contribution in [2.75, 3.05) is 5.73 Å². The van der Waals surface area contributed by atoms with Gasteiger partial charge >= 0.3 is 5.69 Å². The van der Waals surface area contributed by atoms with E-state index in [1.165, 1.54) is 19.2 Å². The molecule has 2 aromatic carbocycles. The van der Waals surface area contributed by atoms with E-state index < -0.39 is 41.6 Å². The number of nitrogens with zero attached hydrogens (tertiary/aromatic N) is 2. The van der Waals surface area contributed by atoms with E-state index in [-0.39, 0.29) is 19.0 Å². The number of nitrogen functional groups attached to an aromatic ring is 1. The standard InChI is InChI=1S/C25H25F2N3O4/c1-16(26)24-22(32-14-17-8-4-2-5-9-17)25(24,33-15-18-10-6-3-7-11-18)20(27)21(34-24)30-13-12-19(28)29-23(30)31/h2-13,16,20-22H,14-15H2,1H3,(H2,28,29,31)/t16-,20-,21+,22?,24+,25+/m0/s1. The van der Waals surface area contributed by atoms with E-state index in [4.69, 9.17) is 19.9 Å². The maximum atomic E-state index is 16.2. The Morgan fingerprint density at radius 2 is 1.71 bits per heavy atom. The fourth-order valence-corrected chi connectivity index (χ4v) is 4.90. The lowest BCUT2D eigenvalue weighted by atomic mass is 10.1. The highest BCUT2D eigenvalue weighted by Crippen LogP contribution is 2.69. The van der Waals surface area contributed by atoms with Crippen LogP contribution in [-0.4, -0.2) is 39.2 Å². The number of hydrogen-bond acceptors (Lipinski definition) is 6. The third kappa shape index (κ3) is 3.43. The van der Waals surface area contributed by atoms with Crippen molar-refractivity contribution < 1.29 is 23.0 Å². The topological polar surface area (TPSA) is 88.6 Å². The second kappa shape index (κ2) is 8.57. The minimum absolute atomic E-state index is 0.00695. The van der Waals surface area contributed by atoms with Gasteiger partial charge in [-0.15, -0.1) is 0 Å². The summed E-state index contributed by atoms with van der Waals surface area (Å²) in [5.41, 5.74) is 2.91. The van der Waals surface area contributed by atoms with E-state index in [2.05, 4.69) is 4.98 Å². The van der Waals surface area contributed by atoms with Crippen LogP contribution in [0.25, 0.3) is 0 Å². The molecule has 1 aliphatic carbocycles. The monoisotopic (exact) mass is 469 g/mol. The summed E-state index contributed by atoms with van der Waals surface area (Å²) in [5, 5.41) is 0. The van der Waals surface area contributed by atoms with Crippen molar-refractivity contribution in [2.45, 2.75) is 56.0 Å². The van der Waals surface area contributed by atoms with Gasteiger partial charge in [0.1, 0.15) is 18.1 Å². The summed E-state index contributed by atoms with van der Waals surface area (Å²) < 4.78 is 50.5. The van der Waals surface area contributed by atoms with Gasteiger partial charge in [0.2, 0.25) is 0 Å². The molecule has 7 nitrogen and oxygen atoms in total. The van der Waals surface area contributed by atoms with Gasteiger partial charge in [-0.1, -0.05) is 60.7 Å². The molecule has 0 spiro atoms. The molecule has 2 heterocycles. The average molecular weight is 469 g/mol. The Kier molecular flexibility index (Phi) is 5.71. The molecule has 1 unspecified atom stereocenters. The van der Waals surface area contributed by atoms with Crippen LogP contribution >= 0.6 is 0 Å². The third-order valence-corrected chi connectivity index (χ3v) is 6.58. The second-order valence-corrected chi connectivity index (χ2v) is 8.61. The smallest absolute Gasteiger partial charge is 0.351 e. The molecule has 2 fully saturated rings. The molecule has 5 rings (SSSR count). The normalized spacial score (nSPS) is 30.6. The highest BCUT2D eigenvalue weighted by molar-refractivity contribution is 5.40. The van der Waals surface area contributed by atoms with E-state index in [1.54, 1.807) is 0 Å². The van der Waals surface area contributed by atoms with Gasteiger partial charge < -0.3 is 19.9 Å². The van der Waals surface area contributed by atoms with Crippen molar-refractivity contribution in [3.8, 4) is 0 Å². The van der Waals surface area contributed by atoms with Crippen LogP contribution in [0.15, 0.2) is 77.7 Å². The zero-order chi connectivity index (χ0) is 23.9. The molecule has 1 aromatic heterocycles. The van der Waals surface area contributed by atoms with Gasteiger partial charge in [0.05, 0.1) is 13.2 Å². The average Bonchev–Trinajstić information content (AvgIpc) is 3.33. The Morgan fingerprint density at radius 3 is 2.29 bits per heavy atom. The minimum atomic E-state index is -1.90. The first-order chi connectivity index (χ1) is 16.4. The van der Waals surface area contributed by atoms with Crippen molar-refractivity contribution >= 4 is 5.82 Å². The quantitative estimate of drug-likeness (QED) is 0.545. The summed E-state index contributed by atoms with van der Waals surface area (Å²) in [5.74, 6) is -0.00695. The number of hydrogen-bond donors (Lipinski definition) is 1. The first-order valence-electron chi connectivity index (χ1n) is 11.0. The predicted molar refractivity (Wildman–Crippen MR) is 120 cm³/mol. The molecule has 2 aliphatic rings. The Balaban J connectivity index is 1.49. The van der Waals surface area contributed by atoms with Crippen molar-refractivity contribution in [3.63, 3.8) is 0 Å². The Hall–Kier alpha value is -3.14. The number of nitrogens with two attached hydrogens (primary N) is 1. The van der Waals surface area contributed by atoms with Crippen LogP contribution in [0.5, 0.6) is 0 Å². The Labute approximate surface area is 195 Å². The largest absolute Gasteiger partial charge is 0.383 e. The van der Waals surface area contributed by atoms with E-state index in [0.717, 1.165) is 15.7 Å². The SMILES string of the molecule is C[C@H](F)[C@]12O[C@@H](n3ccc(N)nc3=O)[C@H](F)[C@@]1(OCc1ccccc1)C2OCc1ccccc1. The van der Waals surface area contributed by atoms with Gasteiger partial charge in [0, 0.05) is 6.20 Å². The molecule has 34 heavy (non-hydrogen) atoms.